The largest absolute Gasteiger partial charge is 0.453 e. The molecule has 174 valence electrons. The lowest BCUT2D eigenvalue weighted by molar-refractivity contribution is 0.168. The summed E-state index contributed by atoms with van der Waals surface area (Å²) in [5.74, 6) is 1.40. The Balaban J connectivity index is 1.62. The van der Waals surface area contributed by atoms with Crippen LogP contribution in [0.15, 0.2) is 18.5 Å². The molecule has 0 aliphatic heterocycles. The van der Waals surface area contributed by atoms with Gasteiger partial charge in [0.2, 0.25) is 12.8 Å². The van der Waals surface area contributed by atoms with Gasteiger partial charge < -0.3 is 30.8 Å². The normalized spacial score (nSPS) is 13.9. The smallest absolute Gasteiger partial charge is 0.407 e. The van der Waals surface area contributed by atoms with E-state index in [0.29, 0.717) is 41.2 Å². The van der Waals surface area contributed by atoms with Crippen LogP contribution >= 0.6 is 0 Å². The molecule has 1 amide bonds. The molecule has 0 bridgehead atoms. The fourth-order valence-corrected chi connectivity index (χ4v) is 3.10. The highest BCUT2D eigenvalue weighted by atomic mass is 19.1. The fraction of sp³-hybridized carbons (Fsp3) is 0.400. The first-order valence-corrected chi connectivity index (χ1v) is 10.3. The predicted molar refractivity (Wildman–Crippen MR) is 117 cm³/mol. The zero-order valence-electron chi connectivity index (χ0n) is 18.1. The molecule has 1 atom stereocenters. The van der Waals surface area contributed by atoms with Gasteiger partial charge >= 0.3 is 6.09 Å². The maximum absolute atomic E-state index is 12.7. The summed E-state index contributed by atoms with van der Waals surface area (Å²) >= 11 is 0. The monoisotopic (exact) mass is 457 g/mol. The maximum Gasteiger partial charge on any atom is 0.407 e. The number of carbonyl (C=O) groups excluding carboxylic acids is 1. The van der Waals surface area contributed by atoms with Gasteiger partial charge in [-0.3, -0.25) is 0 Å². The standard InChI is InChI=1S/C20H24FN9O3/c1-10(26-20(31)32-2)7-25-19-23-6-5-12(28-19)14-15(30-17(29-14)11-3-4-11)13-8-24-16(22)18(27-13)33-9-21/h5-6,8,10-11H,3-4,7,9H2,1-2H3,(H2,22,24)(H,26,31)(H,29,30)(H,23,25,28). The molecule has 3 aromatic rings. The van der Waals surface area contributed by atoms with Gasteiger partial charge in [0.25, 0.3) is 5.88 Å². The second-order valence-corrected chi connectivity index (χ2v) is 7.50. The zero-order chi connectivity index (χ0) is 23.4. The van der Waals surface area contributed by atoms with Gasteiger partial charge in [-0.15, -0.1) is 0 Å². The number of rotatable bonds is 9. The summed E-state index contributed by atoms with van der Waals surface area (Å²) in [6.45, 7) is 1.13. The number of amides is 1. The molecular weight excluding hydrogens is 433 g/mol. The van der Waals surface area contributed by atoms with E-state index < -0.39 is 13.0 Å². The SMILES string of the molecule is COC(=O)NC(C)CNc1nccc(-c2[nH]c(C3CC3)nc2-c2cnc(N)c(OCF)n2)n1. The molecule has 4 rings (SSSR count). The number of alkyl halides is 1. The van der Waals surface area contributed by atoms with Crippen molar-refractivity contribution < 1.29 is 18.7 Å². The molecular formula is C20H24FN9O3. The van der Waals surface area contributed by atoms with E-state index in [1.165, 1.54) is 13.3 Å². The van der Waals surface area contributed by atoms with Crippen molar-refractivity contribution in [1.82, 2.24) is 35.2 Å². The Morgan fingerprint density at radius 1 is 1.30 bits per heavy atom. The van der Waals surface area contributed by atoms with Gasteiger partial charge in [0.05, 0.1) is 24.7 Å². The van der Waals surface area contributed by atoms with Crippen LogP contribution in [-0.4, -0.2) is 62.6 Å². The number of halogens is 1. The Bertz CT molecular complexity index is 1140. The summed E-state index contributed by atoms with van der Waals surface area (Å²) < 4.78 is 22.1. The van der Waals surface area contributed by atoms with Crippen LogP contribution in [0.1, 0.15) is 31.5 Å². The highest BCUT2D eigenvalue weighted by Crippen LogP contribution is 2.41. The van der Waals surface area contributed by atoms with Crippen LogP contribution in [0.3, 0.4) is 0 Å². The summed E-state index contributed by atoms with van der Waals surface area (Å²) in [5.41, 5.74) is 7.79. The van der Waals surface area contributed by atoms with E-state index >= 15 is 0 Å². The third-order valence-corrected chi connectivity index (χ3v) is 4.91. The summed E-state index contributed by atoms with van der Waals surface area (Å²) in [5, 5.41) is 5.75. The van der Waals surface area contributed by atoms with Crippen molar-refractivity contribution in [3.8, 4) is 28.7 Å². The van der Waals surface area contributed by atoms with E-state index in [-0.39, 0.29) is 17.7 Å². The fourth-order valence-electron chi connectivity index (χ4n) is 3.10. The predicted octanol–water partition coefficient (Wildman–Crippen LogP) is 2.25. The number of nitrogens with two attached hydrogens (primary N) is 1. The Labute approximate surface area is 188 Å². The number of nitrogens with one attached hydrogen (secondary N) is 3. The van der Waals surface area contributed by atoms with Crippen molar-refractivity contribution in [3.63, 3.8) is 0 Å². The topological polar surface area (TPSA) is 166 Å². The van der Waals surface area contributed by atoms with Crippen LogP contribution in [-0.2, 0) is 4.74 Å². The number of anilines is 2. The number of ether oxygens (including phenoxy) is 2. The zero-order valence-corrected chi connectivity index (χ0v) is 18.1. The van der Waals surface area contributed by atoms with Crippen molar-refractivity contribution in [2.45, 2.75) is 31.7 Å². The first kappa shape index (κ1) is 22.2. The highest BCUT2D eigenvalue weighted by Gasteiger charge is 2.29. The van der Waals surface area contributed by atoms with Crippen LogP contribution < -0.4 is 21.1 Å². The Morgan fingerprint density at radius 3 is 2.85 bits per heavy atom. The Hall–Kier alpha value is -4.03. The van der Waals surface area contributed by atoms with E-state index in [0.717, 1.165) is 18.7 Å². The van der Waals surface area contributed by atoms with Crippen molar-refractivity contribution >= 4 is 17.9 Å². The summed E-state index contributed by atoms with van der Waals surface area (Å²) in [6, 6.07) is 1.52. The van der Waals surface area contributed by atoms with E-state index in [1.54, 1.807) is 12.3 Å². The van der Waals surface area contributed by atoms with Crippen molar-refractivity contribution in [2.75, 3.05) is 31.6 Å². The van der Waals surface area contributed by atoms with Crippen LogP contribution in [0.5, 0.6) is 5.88 Å². The van der Waals surface area contributed by atoms with E-state index in [1.807, 2.05) is 6.92 Å². The average molecular weight is 457 g/mol. The molecule has 12 nitrogen and oxygen atoms in total. The van der Waals surface area contributed by atoms with Crippen LogP contribution in [0.4, 0.5) is 21.0 Å². The first-order valence-electron chi connectivity index (χ1n) is 10.3. The number of imidazole rings is 1. The van der Waals surface area contributed by atoms with Gasteiger partial charge in [-0.05, 0) is 25.8 Å². The number of nitrogen functional groups attached to an aromatic ring is 1. The average Bonchev–Trinajstić information content (AvgIpc) is 3.58. The lowest BCUT2D eigenvalue weighted by Gasteiger charge is -2.14. The maximum atomic E-state index is 12.7. The molecule has 0 spiro atoms. The second kappa shape index (κ2) is 9.63. The quantitative estimate of drug-likeness (QED) is 0.374. The minimum absolute atomic E-state index is 0.0147. The molecule has 5 N–H and O–H groups in total. The van der Waals surface area contributed by atoms with E-state index in [4.69, 9.17) is 15.5 Å². The highest BCUT2D eigenvalue weighted by molar-refractivity contribution is 5.75. The minimum Gasteiger partial charge on any atom is -0.453 e. The molecule has 3 aromatic heterocycles. The lowest BCUT2D eigenvalue weighted by Crippen LogP contribution is -2.37. The first-order chi connectivity index (χ1) is 16.0. The Kier molecular flexibility index (Phi) is 6.47. The number of nitrogens with zero attached hydrogens (tertiary/aromatic N) is 5. The molecule has 1 aliphatic rings. The molecule has 1 unspecified atom stereocenters. The van der Waals surface area contributed by atoms with Gasteiger partial charge in [0, 0.05) is 24.7 Å². The number of aromatic amines is 1. The molecule has 3 heterocycles. The molecule has 1 aliphatic carbocycles. The third-order valence-electron chi connectivity index (χ3n) is 4.91. The molecule has 0 saturated heterocycles. The van der Waals surface area contributed by atoms with Gasteiger partial charge in [0.1, 0.15) is 17.2 Å². The van der Waals surface area contributed by atoms with Gasteiger partial charge in [-0.2, -0.15) is 0 Å². The minimum atomic E-state index is -1.08. The molecule has 1 fully saturated rings. The van der Waals surface area contributed by atoms with Gasteiger partial charge in [-0.1, -0.05) is 0 Å². The molecule has 1 saturated carbocycles. The number of hydrogen-bond donors (Lipinski definition) is 4. The molecule has 33 heavy (non-hydrogen) atoms. The molecule has 13 heteroatoms. The number of hydrogen-bond acceptors (Lipinski definition) is 10. The van der Waals surface area contributed by atoms with Crippen LogP contribution in [0.25, 0.3) is 22.8 Å². The number of aromatic nitrogens is 6. The lowest BCUT2D eigenvalue weighted by atomic mass is 10.2. The number of carbonyl (C=O) groups is 1. The number of alkyl carbamates (subject to hydrolysis) is 1. The molecule has 0 radical (unpaired) electrons. The number of H-pyrrole nitrogens is 1. The van der Waals surface area contributed by atoms with E-state index in [2.05, 4.69) is 40.3 Å². The third kappa shape index (κ3) is 5.25. The van der Waals surface area contributed by atoms with Crippen molar-refractivity contribution in [2.24, 2.45) is 0 Å². The summed E-state index contributed by atoms with van der Waals surface area (Å²) in [4.78, 5) is 36.5. The summed E-state index contributed by atoms with van der Waals surface area (Å²) in [7, 11) is 1.30. The van der Waals surface area contributed by atoms with Gasteiger partial charge in [-0.25, -0.2) is 34.1 Å². The van der Waals surface area contributed by atoms with E-state index in [9.17, 15) is 9.18 Å². The van der Waals surface area contributed by atoms with Crippen LogP contribution in [0.2, 0.25) is 0 Å². The molecule has 0 aromatic carbocycles. The van der Waals surface area contributed by atoms with Crippen LogP contribution in [0, 0.1) is 0 Å². The number of methoxy groups -OCH3 is 1. The second-order valence-electron chi connectivity index (χ2n) is 7.50. The van der Waals surface area contributed by atoms with Crippen molar-refractivity contribution in [1.29, 1.82) is 0 Å². The van der Waals surface area contributed by atoms with Gasteiger partial charge in [0.15, 0.2) is 5.82 Å². The van der Waals surface area contributed by atoms with Crippen molar-refractivity contribution in [3.05, 3.63) is 24.3 Å². The Morgan fingerprint density at radius 2 is 2.12 bits per heavy atom. The summed E-state index contributed by atoms with van der Waals surface area (Å²) in [6.07, 6.45) is 4.62.